The van der Waals surface area contributed by atoms with Crippen molar-refractivity contribution in [2.75, 3.05) is 13.7 Å². The normalized spacial score (nSPS) is 15.3. The molecular weight excluding hydrogens is 168 g/mol. The van der Waals surface area contributed by atoms with Crippen LogP contribution in [0, 0.1) is 0 Å². The lowest BCUT2D eigenvalue weighted by molar-refractivity contribution is -0.0273. The van der Waals surface area contributed by atoms with Crippen molar-refractivity contribution in [1.29, 1.82) is 0 Å². The molecule has 72 valence electrons. The number of ether oxygens (including phenoxy) is 1. The largest absolute Gasteiger partial charge is 0.388 e. The monoisotopic (exact) mass is 182 g/mol. The highest BCUT2D eigenvalue weighted by atomic mass is 16.5. The molecule has 0 fully saturated rings. The molecule has 0 bridgehead atoms. The zero-order valence-electron chi connectivity index (χ0n) is 7.55. The number of hydrogen-bond acceptors (Lipinski definition) is 3. The summed E-state index contributed by atoms with van der Waals surface area (Å²) < 4.78 is 4.74. The first-order valence-electron chi connectivity index (χ1n) is 4.15. The Balaban J connectivity index is 2.62. The third kappa shape index (κ3) is 2.81. The Morgan fingerprint density at radius 1 is 1.23 bits per heavy atom. The number of aliphatic hydroxyl groups is 2. The first-order valence-corrected chi connectivity index (χ1v) is 4.15. The van der Waals surface area contributed by atoms with Gasteiger partial charge >= 0.3 is 0 Å². The molecule has 1 rings (SSSR count). The Morgan fingerprint density at radius 2 is 1.85 bits per heavy atom. The summed E-state index contributed by atoms with van der Waals surface area (Å²) in [5.74, 6) is 0. The second-order valence-electron chi connectivity index (χ2n) is 2.88. The summed E-state index contributed by atoms with van der Waals surface area (Å²) in [6.07, 6.45) is -1.74. The van der Waals surface area contributed by atoms with Gasteiger partial charge in [0, 0.05) is 7.11 Å². The first kappa shape index (κ1) is 10.2. The summed E-state index contributed by atoms with van der Waals surface area (Å²) in [4.78, 5) is 0. The Kier molecular flexibility index (Phi) is 3.89. The summed E-state index contributed by atoms with van der Waals surface area (Å²) in [7, 11) is 1.49. The van der Waals surface area contributed by atoms with Gasteiger partial charge in [0.05, 0.1) is 6.61 Å². The molecule has 0 aromatic heterocycles. The van der Waals surface area contributed by atoms with Crippen LogP contribution < -0.4 is 0 Å². The van der Waals surface area contributed by atoms with Crippen LogP contribution in [0.3, 0.4) is 0 Å². The van der Waals surface area contributed by atoms with Crippen LogP contribution in [-0.2, 0) is 4.74 Å². The maximum Gasteiger partial charge on any atom is 0.107 e. The molecule has 13 heavy (non-hydrogen) atoms. The third-order valence-electron chi connectivity index (χ3n) is 1.84. The molecule has 1 aromatic carbocycles. The molecule has 0 amide bonds. The van der Waals surface area contributed by atoms with E-state index in [0.29, 0.717) is 5.56 Å². The summed E-state index contributed by atoms with van der Waals surface area (Å²) in [5, 5.41) is 19.0. The van der Waals surface area contributed by atoms with E-state index in [-0.39, 0.29) is 6.61 Å². The van der Waals surface area contributed by atoms with Gasteiger partial charge in [-0.2, -0.15) is 0 Å². The molecule has 0 radical (unpaired) electrons. The van der Waals surface area contributed by atoms with Crippen LogP contribution in [0.1, 0.15) is 11.7 Å². The van der Waals surface area contributed by atoms with Crippen LogP contribution in [0.15, 0.2) is 30.3 Å². The summed E-state index contributed by atoms with van der Waals surface area (Å²) in [6, 6.07) is 9.03. The Labute approximate surface area is 77.6 Å². The van der Waals surface area contributed by atoms with Gasteiger partial charge in [0.15, 0.2) is 0 Å². The smallest absolute Gasteiger partial charge is 0.107 e. The van der Waals surface area contributed by atoms with E-state index in [0.717, 1.165) is 0 Å². The van der Waals surface area contributed by atoms with Crippen LogP contribution in [0.25, 0.3) is 0 Å². The van der Waals surface area contributed by atoms with Gasteiger partial charge in [-0.3, -0.25) is 0 Å². The van der Waals surface area contributed by atoms with Crippen molar-refractivity contribution in [3.8, 4) is 0 Å². The number of rotatable bonds is 4. The average molecular weight is 182 g/mol. The topological polar surface area (TPSA) is 49.7 Å². The molecule has 2 atom stereocenters. The quantitative estimate of drug-likeness (QED) is 0.721. The van der Waals surface area contributed by atoms with Crippen molar-refractivity contribution in [3.05, 3.63) is 35.9 Å². The van der Waals surface area contributed by atoms with Gasteiger partial charge in [-0.15, -0.1) is 0 Å². The summed E-state index contributed by atoms with van der Waals surface area (Å²) in [5.41, 5.74) is 0.701. The maximum atomic E-state index is 9.59. The van der Waals surface area contributed by atoms with Crippen LogP contribution in [-0.4, -0.2) is 30.0 Å². The molecule has 3 heteroatoms. The molecule has 0 saturated heterocycles. The van der Waals surface area contributed by atoms with Crippen molar-refractivity contribution < 1.29 is 14.9 Å². The predicted octanol–water partition coefficient (Wildman–Crippen LogP) is 0.727. The fourth-order valence-corrected chi connectivity index (χ4v) is 1.13. The maximum absolute atomic E-state index is 9.59. The SMILES string of the molecule is COC[C@@H](O)[C@H](O)c1ccccc1. The molecule has 0 spiro atoms. The standard InChI is InChI=1S/C10H14O3/c1-13-7-9(11)10(12)8-5-3-2-4-6-8/h2-6,9-12H,7H2,1H3/t9-,10-/m1/s1. The van der Waals surface area contributed by atoms with Gasteiger partial charge in [-0.05, 0) is 5.56 Å². The van der Waals surface area contributed by atoms with E-state index >= 15 is 0 Å². The molecule has 3 nitrogen and oxygen atoms in total. The lowest BCUT2D eigenvalue weighted by Crippen LogP contribution is -2.23. The Morgan fingerprint density at radius 3 is 2.38 bits per heavy atom. The molecular formula is C10H14O3. The minimum atomic E-state index is -0.874. The molecule has 0 aliphatic rings. The molecule has 1 aromatic rings. The minimum absolute atomic E-state index is 0.135. The Hall–Kier alpha value is -0.900. The third-order valence-corrected chi connectivity index (χ3v) is 1.84. The van der Waals surface area contributed by atoms with E-state index in [1.54, 1.807) is 12.1 Å². The number of aliphatic hydroxyl groups excluding tert-OH is 2. The predicted molar refractivity (Wildman–Crippen MR) is 49.3 cm³/mol. The van der Waals surface area contributed by atoms with Crippen LogP contribution >= 0.6 is 0 Å². The molecule has 0 saturated carbocycles. The summed E-state index contributed by atoms with van der Waals surface area (Å²) >= 11 is 0. The molecule has 0 aliphatic carbocycles. The number of methoxy groups -OCH3 is 1. The molecule has 0 aliphatic heterocycles. The minimum Gasteiger partial charge on any atom is -0.388 e. The zero-order chi connectivity index (χ0) is 9.68. The highest BCUT2D eigenvalue weighted by molar-refractivity contribution is 5.18. The van der Waals surface area contributed by atoms with Crippen molar-refractivity contribution in [1.82, 2.24) is 0 Å². The van der Waals surface area contributed by atoms with E-state index in [1.807, 2.05) is 18.2 Å². The lowest BCUT2D eigenvalue weighted by atomic mass is 10.1. The zero-order valence-corrected chi connectivity index (χ0v) is 7.55. The van der Waals surface area contributed by atoms with E-state index in [9.17, 15) is 10.2 Å². The summed E-state index contributed by atoms with van der Waals surface area (Å²) in [6.45, 7) is 0.135. The van der Waals surface area contributed by atoms with Crippen molar-refractivity contribution >= 4 is 0 Å². The second kappa shape index (κ2) is 4.97. The van der Waals surface area contributed by atoms with E-state index < -0.39 is 12.2 Å². The van der Waals surface area contributed by atoms with Crippen LogP contribution in [0.5, 0.6) is 0 Å². The van der Waals surface area contributed by atoms with Gasteiger partial charge < -0.3 is 14.9 Å². The van der Waals surface area contributed by atoms with Gasteiger partial charge in [-0.1, -0.05) is 30.3 Å². The number of hydrogen-bond donors (Lipinski definition) is 2. The molecule has 0 heterocycles. The van der Waals surface area contributed by atoms with Crippen molar-refractivity contribution in [2.24, 2.45) is 0 Å². The highest BCUT2D eigenvalue weighted by Crippen LogP contribution is 2.15. The fraction of sp³-hybridized carbons (Fsp3) is 0.400. The average Bonchev–Trinajstić information content (AvgIpc) is 2.18. The van der Waals surface area contributed by atoms with Crippen LogP contribution in [0.4, 0.5) is 0 Å². The second-order valence-corrected chi connectivity index (χ2v) is 2.88. The highest BCUT2D eigenvalue weighted by Gasteiger charge is 2.17. The van der Waals surface area contributed by atoms with E-state index in [2.05, 4.69) is 0 Å². The fourth-order valence-electron chi connectivity index (χ4n) is 1.13. The van der Waals surface area contributed by atoms with Gasteiger partial charge in [0.1, 0.15) is 12.2 Å². The molecule has 0 unspecified atom stereocenters. The molecule has 2 N–H and O–H groups in total. The Bertz CT molecular complexity index is 235. The van der Waals surface area contributed by atoms with E-state index in [4.69, 9.17) is 4.74 Å². The number of benzene rings is 1. The van der Waals surface area contributed by atoms with Crippen molar-refractivity contribution in [3.63, 3.8) is 0 Å². The van der Waals surface area contributed by atoms with Crippen LogP contribution in [0.2, 0.25) is 0 Å². The van der Waals surface area contributed by atoms with Gasteiger partial charge in [-0.25, -0.2) is 0 Å². The van der Waals surface area contributed by atoms with Gasteiger partial charge in [0.25, 0.3) is 0 Å². The first-order chi connectivity index (χ1) is 6.25. The van der Waals surface area contributed by atoms with Gasteiger partial charge in [0.2, 0.25) is 0 Å². The lowest BCUT2D eigenvalue weighted by Gasteiger charge is -2.16. The van der Waals surface area contributed by atoms with E-state index in [1.165, 1.54) is 7.11 Å². The van der Waals surface area contributed by atoms with Crippen molar-refractivity contribution in [2.45, 2.75) is 12.2 Å².